The number of ether oxygens (including phenoxy) is 1. The topological polar surface area (TPSA) is 84.6 Å². The van der Waals surface area contributed by atoms with E-state index in [4.69, 9.17) is 15.6 Å². The molecule has 0 aliphatic heterocycles. The molecule has 1 aromatic carbocycles. The Morgan fingerprint density at radius 2 is 2.05 bits per heavy atom. The molecule has 4 N–H and O–H groups in total. The van der Waals surface area contributed by atoms with Crippen molar-refractivity contribution < 1.29 is 14.6 Å². The van der Waals surface area contributed by atoms with Gasteiger partial charge in [-0.3, -0.25) is 4.79 Å². The summed E-state index contributed by atoms with van der Waals surface area (Å²) in [5.74, 6) is 1.12. The molecular weight excluding hydrogens is 304 g/mol. The van der Waals surface area contributed by atoms with E-state index < -0.39 is 0 Å². The smallest absolute Gasteiger partial charge is 0.220 e. The zero-order chi connectivity index (χ0) is 15.1. The Kier molecular flexibility index (Phi) is 8.24. The molecule has 2 rings (SSSR count). The summed E-state index contributed by atoms with van der Waals surface area (Å²) in [5, 5.41) is 11.6. The van der Waals surface area contributed by atoms with Crippen molar-refractivity contribution in [2.45, 2.75) is 38.3 Å². The highest BCUT2D eigenvalue weighted by Gasteiger charge is 2.25. The van der Waals surface area contributed by atoms with Crippen molar-refractivity contribution in [1.29, 1.82) is 0 Å². The predicted octanol–water partition coefficient (Wildman–Crippen LogP) is 1.61. The van der Waals surface area contributed by atoms with Crippen LogP contribution >= 0.6 is 12.4 Å². The van der Waals surface area contributed by atoms with E-state index in [0.717, 1.165) is 30.6 Å². The molecule has 0 spiro atoms. The van der Waals surface area contributed by atoms with Gasteiger partial charge in [0.05, 0.1) is 6.61 Å². The van der Waals surface area contributed by atoms with Crippen molar-refractivity contribution in [2.75, 3.05) is 13.2 Å². The first-order valence-electron chi connectivity index (χ1n) is 7.54. The highest BCUT2D eigenvalue weighted by Crippen LogP contribution is 2.26. The number of carbonyl (C=O) groups excluding carboxylic acids is 1. The fraction of sp³-hybridized carbons (Fsp3) is 0.562. The Labute approximate surface area is 137 Å². The number of hydrogen-bond acceptors (Lipinski definition) is 4. The zero-order valence-corrected chi connectivity index (χ0v) is 13.5. The van der Waals surface area contributed by atoms with Gasteiger partial charge in [0.15, 0.2) is 0 Å². The van der Waals surface area contributed by atoms with E-state index in [0.29, 0.717) is 18.9 Å². The van der Waals surface area contributed by atoms with Crippen LogP contribution < -0.4 is 15.8 Å². The number of benzene rings is 1. The van der Waals surface area contributed by atoms with Gasteiger partial charge in [0.2, 0.25) is 5.91 Å². The first kappa shape index (κ1) is 18.7. The van der Waals surface area contributed by atoms with Crippen LogP contribution in [0.15, 0.2) is 24.3 Å². The summed E-state index contributed by atoms with van der Waals surface area (Å²) in [4.78, 5) is 11.9. The summed E-state index contributed by atoms with van der Waals surface area (Å²) in [6.07, 6.45) is 3.76. The lowest BCUT2D eigenvalue weighted by atomic mass is 10.00. The van der Waals surface area contributed by atoms with Gasteiger partial charge in [0.25, 0.3) is 0 Å². The highest BCUT2D eigenvalue weighted by molar-refractivity contribution is 5.85. The van der Waals surface area contributed by atoms with Crippen molar-refractivity contribution in [3.05, 3.63) is 29.8 Å². The Morgan fingerprint density at radius 3 is 2.64 bits per heavy atom. The van der Waals surface area contributed by atoms with Gasteiger partial charge in [-0.05, 0) is 36.5 Å². The first-order valence-corrected chi connectivity index (χ1v) is 7.54. The third kappa shape index (κ3) is 5.83. The third-order valence-electron chi connectivity index (χ3n) is 3.94. The number of hydrogen-bond donors (Lipinski definition) is 3. The molecule has 1 aliphatic carbocycles. The molecule has 0 unspecified atom stereocenters. The van der Waals surface area contributed by atoms with Crippen molar-refractivity contribution in [3.8, 4) is 5.75 Å². The molecule has 1 aliphatic rings. The molecule has 0 heterocycles. The van der Waals surface area contributed by atoms with Crippen LogP contribution in [0.25, 0.3) is 0 Å². The fourth-order valence-electron chi connectivity index (χ4n) is 2.70. The summed E-state index contributed by atoms with van der Waals surface area (Å²) in [6, 6.07) is 7.68. The molecule has 1 aromatic rings. The van der Waals surface area contributed by atoms with Crippen LogP contribution in [-0.4, -0.2) is 30.3 Å². The number of aliphatic hydroxyl groups is 1. The number of rotatable bonds is 7. The molecule has 124 valence electrons. The average molecular weight is 329 g/mol. The Balaban J connectivity index is 0.00000242. The van der Waals surface area contributed by atoms with Gasteiger partial charge in [-0.15, -0.1) is 12.4 Å². The summed E-state index contributed by atoms with van der Waals surface area (Å²) < 4.78 is 5.28. The summed E-state index contributed by atoms with van der Waals surface area (Å²) in [6.45, 7) is 0.805. The number of aliphatic hydroxyl groups excluding tert-OH is 1. The lowest BCUT2D eigenvalue weighted by Crippen LogP contribution is -2.31. The maximum absolute atomic E-state index is 11.9. The van der Waals surface area contributed by atoms with Crippen molar-refractivity contribution in [1.82, 2.24) is 5.32 Å². The normalized spacial score (nSPS) is 20.3. The number of carbonyl (C=O) groups is 1. The SMILES string of the molecule is Cl.N[C@@H]1CCC[C@H]1CC(=O)NCc1ccc(OCCO)cc1. The van der Waals surface area contributed by atoms with E-state index in [-0.39, 0.29) is 37.6 Å². The van der Waals surface area contributed by atoms with Crippen LogP contribution in [0.4, 0.5) is 0 Å². The standard InChI is InChI=1S/C16H24N2O3.ClH/c17-15-3-1-2-13(15)10-16(20)18-11-12-4-6-14(7-5-12)21-9-8-19;/h4-7,13,15,19H,1-3,8-11,17H2,(H,18,20);1H/t13-,15+;/m0./s1. The van der Waals surface area contributed by atoms with Gasteiger partial charge in [-0.25, -0.2) is 0 Å². The lowest BCUT2D eigenvalue weighted by molar-refractivity contribution is -0.122. The fourth-order valence-corrected chi connectivity index (χ4v) is 2.70. The third-order valence-corrected chi connectivity index (χ3v) is 3.94. The molecule has 0 aromatic heterocycles. The Bertz CT molecular complexity index is 453. The molecular formula is C16H25ClN2O3. The van der Waals surface area contributed by atoms with Gasteiger partial charge < -0.3 is 20.9 Å². The monoisotopic (exact) mass is 328 g/mol. The van der Waals surface area contributed by atoms with E-state index in [1.54, 1.807) is 0 Å². The molecule has 0 saturated heterocycles. The molecule has 1 fully saturated rings. The van der Waals surface area contributed by atoms with Crippen LogP contribution in [0.1, 0.15) is 31.2 Å². The summed E-state index contributed by atoms with van der Waals surface area (Å²) >= 11 is 0. The molecule has 2 atom stereocenters. The van der Waals surface area contributed by atoms with Gasteiger partial charge in [0, 0.05) is 19.0 Å². The Morgan fingerprint density at radius 1 is 1.32 bits per heavy atom. The molecule has 0 radical (unpaired) electrons. The van der Waals surface area contributed by atoms with Crippen molar-refractivity contribution in [2.24, 2.45) is 11.7 Å². The first-order chi connectivity index (χ1) is 10.2. The van der Waals surface area contributed by atoms with Gasteiger partial charge in [-0.2, -0.15) is 0 Å². The molecule has 0 bridgehead atoms. The average Bonchev–Trinajstić information content (AvgIpc) is 2.89. The maximum Gasteiger partial charge on any atom is 0.220 e. The molecule has 1 saturated carbocycles. The van der Waals surface area contributed by atoms with E-state index >= 15 is 0 Å². The zero-order valence-electron chi connectivity index (χ0n) is 12.7. The summed E-state index contributed by atoms with van der Waals surface area (Å²) in [5.41, 5.74) is 7.00. The minimum Gasteiger partial charge on any atom is -0.491 e. The number of amides is 1. The van der Waals surface area contributed by atoms with Crippen LogP contribution in [-0.2, 0) is 11.3 Å². The minimum absolute atomic E-state index is 0. The van der Waals surface area contributed by atoms with E-state index in [1.165, 1.54) is 0 Å². The van der Waals surface area contributed by atoms with Crippen LogP contribution in [0.3, 0.4) is 0 Å². The van der Waals surface area contributed by atoms with Gasteiger partial charge >= 0.3 is 0 Å². The molecule has 1 amide bonds. The summed E-state index contributed by atoms with van der Waals surface area (Å²) in [7, 11) is 0. The number of nitrogens with one attached hydrogen (secondary N) is 1. The maximum atomic E-state index is 11.9. The lowest BCUT2D eigenvalue weighted by Gasteiger charge is -2.14. The quantitative estimate of drug-likeness (QED) is 0.710. The van der Waals surface area contributed by atoms with Gasteiger partial charge in [-0.1, -0.05) is 18.6 Å². The van der Waals surface area contributed by atoms with Crippen LogP contribution in [0.2, 0.25) is 0 Å². The largest absolute Gasteiger partial charge is 0.491 e. The second-order valence-electron chi connectivity index (χ2n) is 5.55. The second kappa shape index (κ2) is 9.66. The predicted molar refractivity (Wildman–Crippen MR) is 88.1 cm³/mol. The number of halogens is 1. The molecule has 5 nitrogen and oxygen atoms in total. The molecule has 6 heteroatoms. The van der Waals surface area contributed by atoms with E-state index in [9.17, 15) is 4.79 Å². The van der Waals surface area contributed by atoms with Crippen molar-refractivity contribution >= 4 is 18.3 Å². The van der Waals surface area contributed by atoms with Crippen LogP contribution in [0, 0.1) is 5.92 Å². The van der Waals surface area contributed by atoms with E-state index in [1.807, 2.05) is 24.3 Å². The van der Waals surface area contributed by atoms with Gasteiger partial charge in [0.1, 0.15) is 12.4 Å². The number of nitrogens with two attached hydrogens (primary N) is 1. The highest BCUT2D eigenvalue weighted by atomic mass is 35.5. The molecule has 22 heavy (non-hydrogen) atoms. The van der Waals surface area contributed by atoms with E-state index in [2.05, 4.69) is 5.32 Å². The minimum atomic E-state index is 0. The Hall–Kier alpha value is -1.30. The second-order valence-corrected chi connectivity index (χ2v) is 5.55. The van der Waals surface area contributed by atoms with Crippen molar-refractivity contribution in [3.63, 3.8) is 0 Å². The van der Waals surface area contributed by atoms with Crippen LogP contribution in [0.5, 0.6) is 5.75 Å².